The molecule has 0 aliphatic carbocycles. The Kier molecular flexibility index (Phi) is 7.75. The molecule has 6 rings (SSSR count). The lowest BCUT2D eigenvalue weighted by molar-refractivity contribution is -0.125. The second-order valence-electron chi connectivity index (χ2n) is 10.4. The molecule has 2 aliphatic heterocycles. The largest absolute Gasteiger partial charge is 0.404 e. The van der Waals surface area contributed by atoms with E-state index in [-0.39, 0.29) is 24.3 Å². The third kappa shape index (κ3) is 5.49. The molecule has 4 aromatic rings. The minimum atomic E-state index is -0.247. The molecule has 0 aromatic heterocycles. The van der Waals surface area contributed by atoms with Crippen molar-refractivity contribution in [2.24, 2.45) is 0 Å². The first-order chi connectivity index (χ1) is 19.2. The molecule has 5 heteroatoms. The molecule has 4 atom stereocenters. The van der Waals surface area contributed by atoms with Gasteiger partial charge in [0.25, 0.3) is 0 Å². The monoisotopic (exact) mass is 521 g/mol. The molecular weight excluding hydrogens is 486 g/mol. The summed E-state index contributed by atoms with van der Waals surface area (Å²) in [7, 11) is 0. The highest BCUT2D eigenvalue weighted by molar-refractivity contribution is 5.51. The van der Waals surface area contributed by atoms with Gasteiger partial charge in [-0.25, -0.2) is 0 Å². The quantitative estimate of drug-likeness (QED) is 0.232. The topological polar surface area (TPSA) is 40.2 Å². The van der Waals surface area contributed by atoms with Crippen LogP contribution in [0, 0.1) is 13.8 Å². The SMILES string of the molecule is Cc1ccc(C)c2c1ON1[C@H](COCc3ccccc3)[C@@H](OCc3ccccc3)[C@H](OCc3ccccc3)[C@@H]21. The summed E-state index contributed by atoms with van der Waals surface area (Å²) in [6.45, 7) is 6.23. The van der Waals surface area contributed by atoms with Crippen molar-refractivity contribution >= 4 is 0 Å². The van der Waals surface area contributed by atoms with Crippen LogP contribution >= 0.6 is 0 Å². The normalized spacial score (nSPS) is 21.9. The molecule has 39 heavy (non-hydrogen) atoms. The van der Waals surface area contributed by atoms with Crippen LogP contribution in [0.4, 0.5) is 0 Å². The zero-order valence-corrected chi connectivity index (χ0v) is 22.5. The number of aryl methyl sites for hydroxylation is 2. The van der Waals surface area contributed by atoms with Crippen molar-refractivity contribution < 1.29 is 19.0 Å². The van der Waals surface area contributed by atoms with Crippen LogP contribution in [0.3, 0.4) is 0 Å². The molecule has 200 valence electrons. The number of hydrogen-bond donors (Lipinski definition) is 0. The van der Waals surface area contributed by atoms with Gasteiger partial charge in [-0.2, -0.15) is 0 Å². The van der Waals surface area contributed by atoms with Crippen molar-refractivity contribution in [1.82, 2.24) is 5.06 Å². The summed E-state index contributed by atoms with van der Waals surface area (Å²) in [4.78, 5) is 6.62. The Bertz CT molecular complexity index is 1360. The van der Waals surface area contributed by atoms with Gasteiger partial charge in [-0.1, -0.05) is 103 Å². The predicted octanol–water partition coefficient (Wildman–Crippen LogP) is 6.72. The molecular formula is C34H35NO4. The van der Waals surface area contributed by atoms with Crippen LogP contribution in [0.2, 0.25) is 0 Å². The zero-order chi connectivity index (χ0) is 26.6. The minimum absolute atomic E-state index is 0.0882. The maximum atomic E-state index is 6.75. The Morgan fingerprint density at radius 3 is 1.72 bits per heavy atom. The molecule has 2 aliphatic rings. The predicted molar refractivity (Wildman–Crippen MR) is 151 cm³/mol. The van der Waals surface area contributed by atoms with Crippen LogP contribution in [0.1, 0.15) is 39.4 Å². The zero-order valence-electron chi connectivity index (χ0n) is 22.5. The second kappa shape index (κ2) is 11.7. The number of nitrogens with zero attached hydrogens (tertiary/aromatic N) is 1. The molecule has 0 unspecified atom stereocenters. The summed E-state index contributed by atoms with van der Waals surface area (Å²) in [5, 5.41) is 2.08. The van der Waals surface area contributed by atoms with Crippen molar-refractivity contribution in [2.45, 2.75) is 58.0 Å². The van der Waals surface area contributed by atoms with Gasteiger partial charge in [0.05, 0.1) is 32.5 Å². The molecule has 0 saturated carbocycles. The van der Waals surface area contributed by atoms with Gasteiger partial charge < -0.3 is 19.0 Å². The highest BCUT2D eigenvalue weighted by Crippen LogP contribution is 2.51. The van der Waals surface area contributed by atoms with Crippen LogP contribution in [0.15, 0.2) is 103 Å². The number of hydroxylamine groups is 2. The molecule has 1 saturated heterocycles. The molecule has 0 amide bonds. The molecule has 0 bridgehead atoms. The Hall–Kier alpha value is -3.48. The first-order valence-electron chi connectivity index (χ1n) is 13.7. The van der Waals surface area contributed by atoms with Crippen LogP contribution < -0.4 is 4.84 Å². The van der Waals surface area contributed by atoms with Crippen molar-refractivity contribution in [1.29, 1.82) is 0 Å². The highest BCUT2D eigenvalue weighted by atomic mass is 16.7. The van der Waals surface area contributed by atoms with Gasteiger partial charge in [0, 0.05) is 5.56 Å². The summed E-state index contributed by atoms with van der Waals surface area (Å²) in [6, 6.07) is 34.9. The molecule has 0 spiro atoms. The van der Waals surface area contributed by atoms with E-state index in [1.165, 1.54) is 11.1 Å². The number of benzene rings is 4. The van der Waals surface area contributed by atoms with E-state index in [0.29, 0.717) is 26.4 Å². The maximum Gasteiger partial charge on any atom is 0.155 e. The third-order valence-electron chi connectivity index (χ3n) is 7.69. The Labute approximate surface area is 230 Å². The van der Waals surface area contributed by atoms with Gasteiger partial charge >= 0.3 is 0 Å². The highest BCUT2D eigenvalue weighted by Gasteiger charge is 2.57. The molecule has 4 aromatic carbocycles. The van der Waals surface area contributed by atoms with E-state index < -0.39 is 0 Å². The molecule has 0 radical (unpaired) electrons. The summed E-state index contributed by atoms with van der Waals surface area (Å²) in [6.07, 6.45) is -0.483. The average Bonchev–Trinajstić information content (AvgIpc) is 3.50. The van der Waals surface area contributed by atoms with E-state index in [4.69, 9.17) is 19.0 Å². The maximum absolute atomic E-state index is 6.75. The summed E-state index contributed by atoms with van der Waals surface area (Å²) < 4.78 is 19.8. The molecule has 2 heterocycles. The van der Waals surface area contributed by atoms with Gasteiger partial charge in [0.15, 0.2) is 5.75 Å². The first kappa shape index (κ1) is 25.8. The fourth-order valence-electron chi connectivity index (χ4n) is 5.68. The average molecular weight is 522 g/mol. The van der Waals surface area contributed by atoms with Gasteiger partial charge in [-0.05, 0) is 41.7 Å². The fraction of sp³-hybridized carbons (Fsp3) is 0.294. The summed E-state index contributed by atoms with van der Waals surface area (Å²) in [5.74, 6) is 0.933. The summed E-state index contributed by atoms with van der Waals surface area (Å²) in [5.41, 5.74) is 6.91. The lowest BCUT2D eigenvalue weighted by Crippen LogP contribution is -2.42. The Morgan fingerprint density at radius 1 is 0.615 bits per heavy atom. The van der Waals surface area contributed by atoms with Crippen molar-refractivity contribution in [3.63, 3.8) is 0 Å². The van der Waals surface area contributed by atoms with Crippen LogP contribution in [-0.2, 0) is 34.0 Å². The van der Waals surface area contributed by atoms with E-state index in [1.807, 2.05) is 54.6 Å². The van der Waals surface area contributed by atoms with E-state index in [1.54, 1.807) is 0 Å². The van der Waals surface area contributed by atoms with E-state index in [9.17, 15) is 0 Å². The first-order valence-corrected chi connectivity index (χ1v) is 13.7. The number of hydrogen-bond acceptors (Lipinski definition) is 5. The number of ether oxygens (including phenoxy) is 3. The smallest absolute Gasteiger partial charge is 0.155 e. The number of rotatable bonds is 10. The van der Waals surface area contributed by atoms with Crippen molar-refractivity contribution in [2.75, 3.05) is 6.61 Å². The van der Waals surface area contributed by atoms with Crippen LogP contribution in [0.25, 0.3) is 0 Å². The molecule has 1 fully saturated rings. The third-order valence-corrected chi connectivity index (χ3v) is 7.69. The molecule has 0 N–H and O–H groups in total. The summed E-state index contributed by atoms with van der Waals surface area (Å²) >= 11 is 0. The van der Waals surface area contributed by atoms with Gasteiger partial charge in [0.2, 0.25) is 0 Å². The second-order valence-corrected chi connectivity index (χ2v) is 10.4. The van der Waals surface area contributed by atoms with E-state index in [0.717, 1.165) is 28.0 Å². The molecule has 5 nitrogen and oxygen atoms in total. The van der Waals surface area contributed by atoms with Gasteiger partial charge in [0.1, 0.15) is 18.2 Å². The standard InChI is InChI=1S/C34H35NO4/c1-24-18-19-25(2)32-30(24)31-34(38-22-28-16-10-5-11-17-28)33(37-21-27-14-8-4-9-15-27)29(35(31)39-32)23-36-20-26-12-6-3-7-13-26/h3-19,29,31,33-34H,20-23H2,1-2H3/t29-,31-,33-,34-/m1/s1. The van der Waals surface area contributed by atoms with Crippen molar-refractivity contribution in [3.05, 3.63) is 137 Å². The van der Waals surface area contributed by atoms with Gasteiger partial charge in [-0.15, -0.1) is 5.06 Å². The fourth-order valence-corrected chi connectivity index (χ4v) is 5.68. The number of fused-ring (bicyclic) bond motifs is 3. The minimum Gasteiger partial charge on any atom is -0.404 e. The lowest BCUT2D eigenvalue weighted by Gasteiger charge is -2.28. The Balaban J connectivity index is 1.31. The van der Waals surface area contributed by atoms with Crippen LogP contribution in [0.5, 0.6) is 5.75 Å². The Morgan fingerprint density at radius 2 is 1.13 bits per heavy atom. The lowest BCUT2D eigenvalue weighted by atomic mass is 9.94. The van der Waals surface area contributed by atoms with Gasteiger partial charge in [-0.3, -0.25) is 0 Å². The van der Waals surface area contributed by atoms with E-state index in [2.05, 4.69) is 67.4 Å². The van der Waals surface area contributed by atoms with E-state index >= 15 is 0 Å². The van der Waals surface area contributed by atoms with Crippen molar-refractivity contribution in [3.8, 4) is 5.75 Å². The van der Waals surface area contributed by atoms with Crippen LogP contribution in [-0.4, -0.2) is 29.9 Å².